The molecule has 1 heterocycles. The van der Waals surface area contributed by atoms with Crippen LogP contribution >= 0.6 is 12.6 Å². The SMILES string of the molecule is CCCCCCC(CCS)COC(=O)c1ccc(C)o1. The molecule has 0 amide bonds. The van der Waals surface area contributed by atoms with E-state index in [1.807, 2.05) is 6.92 Å². The van der Waals surface area contributed by atoms with Crippen molar-refractivity contribution in [3.05, 3.63) is 23.7 Å². The minimum absolute atomic E-state index is 0.290. The van der Waals surface area contributed by atoms with Crippen LogP contribution < -0.4 is 0 Å². The van der Waals surface area contributed by atoms with E-state index in [4.69, 9.17) is 9.15 Å². The van der Waals surface area contributed by atoms with Gasteiger partial charge in [-0.05, 0) is 43.6 Å². The van der Waals surface area contributed by atoms with Gasteiger partial charge in [0.25, 0.3) is 0 Å². The van der Waals surface area contributed by atoms with Crippen molar-refractivity contribution in [3.8, 4) is 0 Å². The standard InChI is InChI=1S/C16H26O3S/c1-3-4-5-6-7-14(10-11-20)12-18-16(17)15-9-8-13(2)19-15/h8-9,14,20H,3-7,10-12H2,1-2H3. The molecule has 4 heteroatoms. The van der Waals surface area contributed by atoms with Crippen molar-refractivity contribution < 1.29 is 13.9 Å². The number of aryl methyl sites for hydroxylation is 1. The predicted octanol–water partition coefficient (Wildman–Crippen LogP) is 4.65. The molecule has 0 aliphatic carbocycles. The lowest BCUT2D eigenvalue weighted by Crippen LogP contribution is -2.15. The zero-order valence-corrected chi connectivity index (χ0v) is 13.5. The summed E-state index contributed by atoms with van der Waals surface area (Å²) in [5.74, 6) is 1.89. The molecule has 1 rings (SSSR count). The van der Waals surface area contributed by atoms with Crippen LogP contribution in [0.4, 0.5) is 0 Å². The average molecular weight is 298 g/mol. The summed E-state index contributed by atoms with van der Waals surface area (Å²) in [4.78, 5) is 11.8. The van der Waals surface area contributed by atoms with Crippen LogP contribution in [-0.4, -0.2) is 18.3 Å². The summed E-state index contributed by atoms with van der Waals surface area (Å²) >= 11 is 4.28. The summed E-state index contributed by atoms with van der Waals surface area (Å²) in [6.45, 7) is 4.48. The van der Waals surface area contributed by atoms with Crippen LogP contribution in [0, 0.1) is 12.8 Å². The van der Waals surface area contributed by atoms with Crippen LogP contribution in [0.1, 0.15) is 61.8 Å². The number of esters is 1. The Morgan fingerprint density at radius 1 is 1.30 bits per heavy atom. The topological polar surface area (TPSA) is 39.4 Å². The Balaban J connectivity index is 2.32. The molecule has 1 aromatic rings. The third-order valence-corrected chi connectivity index (χ3v) is 3.65. The molecule has 0 bridgehead atoms. The van der Waals surface area contributed by atoms with Crippen molar-refractivity contribution in [3.63, 3.8) is 0 Å². The quantitative estimate of drug-likeness (QED) is 0.388. The molecule has 0 aromatic carbocycles. The van der Waals surface area contributed by atoms with Crippen molar-refractivity contribution in [2.75, 3.05) is 12.4 Å². The zero-order chi connectivity index (χ0) is 14.8. The Morgan fingerprint density at radius 2 is 2.10 bits per heavy atom. The smallest absolute Gasteiger partial charge is 0.374 e. The molecule has 1 unspecified atom stereocenters. The van der Waals surface area contributed by atoms with Gasteiger partial charge in [0.1, 0.15) is 5.76 Å². The summed E-state index contributed by atoms with van der Waals surface area (Å²) < 4.78 is 10.6. The van der Waals surface area contributed by atoms with Gasteiger partial charge in [-0.3, -0.25) is 0 Å². The number of unbranched alkanes of at least 4 members (excludes halogenated alkanes) is 3. The predicted molar refractivity (Wildman–Crippen MR) is 84.4 cm³/mol. The van der Waals surface area contributed by atoms with Crippen LogP contribution in [-0.2, 0) is 4.74 Å². The maximum absolute atomic E-state index is 11.8. The molecule has 1 atom stereocenters. The normalized spacial score (nSPS) is 12.3. The van der Waals surface area contributed by atoms with E-state index >= 15 is 0 Å². The van der Waals surface area contributed by atoms with Crippen molar-refractivity contribution in [2.24, 2.45) is 5.92 Å². The first kappa shape index (κ1) is 17.2. The van der Waals surface area contributed by atoms with Gasteiger partial charge < -0.3 is 9.15 Å². The van der Waals surface area contributed by atoms with Crippen LogP contribution in [0.5, 0.6) is 0 Å². The molecule has 114 valence electrons. The van der Waals surface area contributed by atoms with Gasteiger partial charge in [0, 0.05) is 0 Å². The van der Waals surface area contributed by atoms with Gasteiger partial charge in [-0.1, -0.05) is 32.6 Å². The summed E-state index contributed by atoms with van der Waals surface area (Å²) in [6.07, 6.45) is 7.06. The molecule has 0 spiro atoms. The van der Waals surface area contributed by atoms with Crippen LogP contribution in [0.3, 0.4) is 0 Å². The number of carbonyl (C=O) groups is 1. The molecule has 0 fully saturated rings. The molecule has 0 saturated heterocycles. The number of ether oxygens (including phenoxy) is 1. The van der Waals surface area contributed by atoms with Crippen molar-refractivity contribution >= 4 is 18.6 Å². The van der Waals surface area contributed by atoms with Crippen molar-refractivity contribution in [1.29, 1.82) is 0 Å². The van der Waals surface area contributed by atoms with E-state index in [1.54, 1.807) is 12.1 Å². The Hall–Kier alpha value is -0.900. The molecule has 3 nitrogen and oxygen atoms in total. The number of hydrogen-bond donors (Lipinski definition) is 1. The number of furan rings is 1. The highest BCUT2D eigenvalue weighted by Gasteiger charge is 2.15. The Labute approximate surface area is 127 Å². The van der Waals surface area contributed by atoms with E-state index in [2.05, 4.69) is 19.6 Å². The van der Waals surface area contributed by atoms with E-state index in [-0.39, 0.29) is 11.7 Å². The third kappa shape index (κ3) is 6.51. The van der Waals surface area contributed by atoms with Crippen LogP contribution in [0.2, 0.25) is 0 Å². The fraction of sp³-hybridized carbons (Fsp3) is 0.688. The maximum Gasteiger partial charge on any atom is 0.374 e. The van der Waals surface area contributed by atoms with E-state index in [9.17, 15) is 4.79 Å². The summed E-state index contributed by atoms with van der Waals surface area (Å²) in [6, 6.07) is 3.43. The van der Waals surface area contributed by atoms with Gasteiger partial charge in [0.15, 0.2) is 0 Å². The number of rotatable bonds is 10. The highest BCUT2D eigenvalue weighted by atomic mass is 32.1. The summed E-state index contributed by atoms with van der Waals surface area (Å²) in [7, 11) is 0. The van der Waals surface area contributed by atoms with Gasteiger partial charge in [0.2, 0.25) is 5.76 Å². The van der Waals surface area contributed by atoms with Gasteiger partial charge in [0.05, 0.1) is 6.61 Å². The van der Waals surface area contributed by atoms with Gasteiger partial charge in [-0.2, -0.15) is 12.6 Å². The molecule has 0 saturated carbocycles. The first-order chi connectivity index (χ1) is 9.67. The highest BCUT2D eigenvalue weighted by Crippen LogP contribution is 2.17. The second-order valence-corrected chi connectivity index (χ2v) is 5.68. The van der Waals surface area contributed by atoms with Gasteiger partial charge in [-0.25, -0.2) is 4.79 Å². The fourth-order valence-electron chi connectivity index (χ4n) is 2.16. The molecule has 0 radical (unpaired) electrons. The molecular weight excluding hydrogens is 272 g/mol. The van der Waals surface area contributed by atoms with Gasteiger partial charge >= 0.3 is 5.97 Å². The van der Waals surface area contributed by atoms with Crippen LogP contribution in [0.15, 0.2) is 16.5 Å². The molecule has 0 N–H and O–H groups in total. The van der Waals surface area contributed by atoms with E-state index in [1.165, 1.54) is 25.7 Å². The monoisotopic (exact) mass is 298 g/mol. The van der Waals surface area contributed by atoms with E-state index in [0.29, 0.717) is 12.5 Å². The van der Waals surface area contributed by atoms with Gasteiger partial charge in [-0.15, -0.1) is 0 Å². The lowest BCUT2D eigenvalue weighted by atomic mass is 9.99. The molecule has 0 aliphatic rings. The van der Waals surface area contributed by atoms with Crippen molar-refractivity contribution in [2.45, 2.75) is 52.4 Å². The Morgan fingerprint density at radius 3 is 2.70 bits per heavy atom. The zero-order valence-electron chi connectivity index (χ0n) is 12.6. The highest BCUT2D eigenvalue weighted by molar-refractivity contribution is 7.80. The summed E-state index contributed by atoms with van der Waals surface area (Å²) in [5.41, 5.74) is 0. The average Bonchev–Trinajstić information content (AvgIpc) is 2.87. The van der Waals surface area contributed by atoms with Crippen molar-refractivity contribution in [1.82, 2.24) is 0 Å². The fourth-order valence-corrected chi connectivity index (χ4v) is 2.53. The summed E-state index contributed by atoms with van der Waals surface area (Å²) in [5, 5.41) is 0. The minimum atomic E-state index is -0.365. The number of hydrogen-bond acceptors (Lipinski definition) is 4. The Kier molecular flexibility index (Phi) is 8.51. The second-order valence-electron chi connectivity index (χ2n) is 5.24. The maximum atomic E-state index is 11.8. The molecule has 20 heavy (non-hydrogen) atoms. The third-order valence-electron chi connectivity index (χ3n) is 3.39. The molecular formula is C16H26O3S. The van der Waals surface area contributed by atoms with E-state index in [0.717, 1.165) is 24.4 Å². The first-order valence-electron chi connectivity index (χ1n) is 7.51. The van der Waals surface area contributed by atoms with E-state index < -0.39 is 0 Å². The minimum Gasteiger partial charge on any atom is -0.460 e. The number of carbonyl (C=O) groups excluding carboxylic acids is 1. The van der Waals surface area contributed by atoms with Crippen LogP contribution in [0.25, 0.3) is 0 Å². The largest absolute Gasteiger partial charge is 0.460 e. The Bertz CT molecular complexity index is 387. The number of thiol groups is 1. The lowest BCUT2D eigenvalue weighted by Gasteiger charge is -2.15. The lowest BCUT2D eigenvalue weighted by molar-refractivity contribution is 0.0391. The first-order valence-corrected chi connectivity index (χ1v) is 8.15. The molecule has 0 aliphatic heterocycles. The second kappa shape index (κ2) is 9.92. The molecule has 1 aromatic heterocycles.